The maximum Gasteiger partial charge on any atom is 0.305 e. The summed E-state index contributed by atoms with van der Waals surface area (Å²) in [7, 11) is 1.56. The van der Waals surface area contributed by atoms with Gasteiger partial charge in [0.15, 0.2) is 0 Å². The van der Waals surface area contributed by atoms with Crippen molar-refractivity contribution in [1.82, 2.24) is 14.5 Å². The van der Waals surface area contributed by atoms with Gasteiger partial charge < -0.3 is 10.0 Å². The van der Waals surface area contributed by atoms with Crippen LogP contribution in [0.1, 0.15) is 47.8 Å². The van der Waals surface area contributed by atoms with Crippen LogP contribution in [0.2, 0.25) is 0 Å². The Hall–Kier alpha value is -2.22. The van der Waals surface area contributed by atoms with Crippen molar-refractivity contribution in [1.29, 1.82) is 0 Å². The first-order valence-corrected chi connectivity index (χ1v) is 9.14. The van der Waals surface area contributed by atoms with E-state index in [-0.39, 0.29) is 24.4 Å². The highest BCUT2D eigenvalue weighted by Gasteiger charge is 2.22. The van der Waals surface area contributed by atoms with Crippen molar-refractivity contribution >= 4 is 33.4 Å². The van der Waals surface area contributed by atoms with Gasteiger partial charge in [-0.1, -0.05) is 19.8 Å². The van der Waals surface area contributed by atoms with Crippen LogP contribution in [0.4, 0.5) is 0 Å². The fourth-order valence-corrected chi connectivity index (χ4v) is 3.73. The lowest BCUT2D eigenvalue weighted by atomic mass is 10.2. The Morgan fingerprint density at radius 2 is 2.08 bits per heavy atom. The van der Waals surface area contributed by atoms with E-state index in [4.69, 9.17) is 5.11 Å². The Balaban J connectivity index is 2.32. The molecule has 0 aliphatic rings. The maximum absolute atomic E-state index is 12.7. The number of hydrogen-bond donors (Lipinski definition) is 1. The molecule has 2 aromatic heterocycles. The number of aliphatic carboxylic acids is 1. The molecule has 1 N–H and O–H groups in total. The number of thiophene rings is 1. The summed E-state index contributed by atoms with van der Waals surface area (Å²) in [6.45, 7) is 4.59. The zero-order valence-corrected chi connectivity index (χ0v) is 15.6. The van der Waals surface area contributed by atoms with Crippen LogP contribution in [0.3, 0.4) is 0 Å². The van der Waals surface area contributed by atoms with Crippen LogP contribution in [0.15, 0.2) is 11.1 Å². The van der Waals surface area contributed by atoms with Gasteiger partial charge in [-0.15, -0.1) is 11.3 Å². The molecule has 1 amide bonds. The number of amides is 1. The van der Waals surface area contributed by atoms with Gasteiger partial charge in [-0.2, -0.15) is 0 Å². The number of fused-ring (bicyclic) bond motifs is 1. The summed E-state index contributed by atoms with van der Waals surface area (Å²) in [5, 5.41) is 9.23. The van der Waals surface area contributed by atoms with Crippen LogP contribution in [-0.2, 0) is 11.3 Å². The molecule has 2 aromatic rings. The van der Waals surface area contributed by atoms with Gasteiger partial charge in [-0.25, -0.2) is 4.98 Å². The Morgan fingerprint density at radius 1 is 1.36 bits per heavy atom. The number of hydrogen-bond acceptors (Lipinski definition) is 5. The van der Waals surface area contributed by atoms with E-state index in [1.807, 2.05) is 0 Å². The third-order valence-corrected chi connectivity index (χ3v) is 5.31. The molecule has 8 heteroatoms. The molecule has 0 aliphatic heterocycles. The van der Waals surface area contributed by atoms with E-state index in [0.29, 0.717) is 27.2 Å². The lowest BCUT2D eigenvalue weighted by Gasteiger charge is -2.15. The highest BCUT2D eigenvalue weighted by Crippen LogP contribution is 2.27. The van der Waals surface area contributed by atoms with Crippen LogP contribution >= 0.6 is 11.3 Å². The minimum Gasteiger partial charge on any atom is -0.481 e. The van der Waals surface area contributed by atoms with Crippen LogP contribution < -0.4 is 5.56 Å². The second-order valence-corrected chi connectivity index (χ2v) is 7.06. The molecule has 136 valence electrons. The SMILES string of the molecule is CCCCCn1cnc2sc(C(=O)N(C)CCC(=O)O)c(C)c2c1=O. The Kier molecular flexibility index (Phi) is 6.30. The lowest BCUT2D eigenvalue weighted by Crippen LogP contribution is -2.29. The summed E-state index contributed by atoms with van der Waals surface area (Å²) < 4.78 is 1.60. The number of carboxylic acid groups (broad SMARTS) is 1. The average molecular weight is 365 g/mol. The Labute approximate surface area is 149 Å². The van der Waals surface area contributed by atoms with Crippen LogP contribution in [0.25, 0.3) is 10.2 Å². The highest BCUT2D eigenvalue weighted by molar-refractivity contribution is 7.20. The monoisotopic (exact) mass is 365 g/mol. The normalized spacial score (nSPS) is 11.0. The van der Waals surface area contributed by atoms with E-state index in [0.717, 1.165) is 19.3 Å². The minimum absolute atomic E-state index is 0.116. The molecule has 25 heavy (non-hydrogen) atoms. The van der Waals surface area contributed by atoms with E-state index in [9.17, 15) is 14.4 Å². The third kappa shape index (κ3) is 4.25. The van der Waals surface area contributed by atoms with Gasteiger partial charge in [-0.3, -0.25) is 19.0 Å². The van der Waals surface area contributed by atoms with Gasteiger partial charge in [0.1, 0.15) is 4.83 Å². The number of aryl methyl sites for hydroxylation is 2. The molecule has 0 unspecified atom stereocenters. The fraction of sp³-hybridized carbons (Fsp3) is 0.529. The molecule has 0 radical (unpaired) electrons. The zero-order valence-electron chi connectivity index (χ0n) is 14.7. The lowest BCUT2D eigenvalue weighted by molar-refractivity contribution is -0.137. The molecule has 0 saturated carbocycles. The number of unbranched alkanes of at least 4 members (excludes halogenated alkanes) is 2. The predicted octanol–water partition coefficient (Wildman–Crippen LogP) is 2.50. The number of carboxylic acids is 1. The summed E-state index contributed by atoms with van der Waals surface area (Å²) >= 11 is 1.18. The first kappa shape index (κ1) is 19.1. The molecule has 0 spiro atoms. The van der Waals surface area contributed by atoms with Gasteiger partial charge in [0, 0.05) is 20.1 Å². The van der Waals surface area contributed by atoms with Gasteiger partial charge in [0.25, 0.3) is 11.5 Å². The largest absolute Gasteiger partial charge is 0.481 e. The molecule has 0 saturated heterocycles. The van der Waals surface area contributed by atoms with Crippen molar-refractivity contribution in [3.05, 3.63) is 27.1 Å². The summed E-state index contributed by atoms with van der Waals surface area (Å²) in [6, 6.07) is 0. The van der Waals surface area contributed by atoms with E-state index < -0.39 is 5.97 Å². The first-order chi connectivity index (χ1) is 11.9. The minimum atomic E-state index is -0.954. The molecule has 0 atom stereocenters. The topological polar surface area (TPSA) is 92.5 Å². The molecule has 2 heterocycles. The fourth-order valence-electron chi connectivity index (χ4n) is 2.59. The standard InChI is InChI=1S/C17H23N3O4S/c1-4-5-6-8-20-10-18-15-13(16(20)23)11(2)14(25-15)17(24)19(3)9-7-12(21)22/h10H,4-9H2,1-3H3,(H,21,22). The molecule has 0 aromatic carbocycles. The summed E-state index contributed by atoms with van der Waals surface area (Å²) in [5.74, 6) is -1.23. The molecule has 0 aliphatic carbocycles. The molecular weight excluding hydrogens is 342 g/mol. The summed E-state index contributed by atoms with van der Waals surface area (Å²) in [4.78, 5) is 42.6. The third-order valence-electron chi connectivity index (χ3n) is 4.12. The molecule has 0 fully saturated rings. The molecule has 7 nitrogen and oxygen atoms in total. The second kappa shape index (κ2) is 8.24. The van der Waals surface area contributed by atoms with Crippen LogP contribution in [-0.4, -0.2) is 45.0 Å². The second-order valence-electron chi connectivity index (χ2n) is 6.06. The highest BCUT2D eigenvalue weighted by atomic mass is 32.1. The van der Waals surface area contributed by atoms with E-state index >= 15 is 0 Å². The predicted molar refractivity (Wildman–Crippen MR) is 97.4 cm³/mol. The van der Waals surface area contributed by atoms with E-state index in [2.05, 4.69) is 11.9 Å². The molecule has 0 bridgehead atoms. The van der Waals surface area contributed by atoms with Crippen LogP contribution in [0.5, 0.6) is 0 Å². The Bertz CT molecular complexity index is 840. The zero-order chi connectivity index (χ0) is 18.6. The van der Waals surface area contributed by atoms with Crippen molar-refractivity contribution < 1.29 is 14.7 Å². The maximum atomic E-state index is 12.7. The van der Waals surface area contributed by atoms with Crippen molar-refractivity contribution in [3.63, 3.8) is 0 Å². The summed E-state index contributed by atoms with van der Waals surface area (Å²) in [5.41, 5.74) is 0.497. The number of carbonyl (C=O) groups excluding carboxylic acids is 1. The Morgan fingerprint density at radius 3 is 2.72 bits per heavy atom. The number of aromatic nitrogens is 2. The van der Waals surface area contributed by atoms with Crippen LogP contribution in [0, 0.1) is 6.92 Å². The molecule has 2 rings (SSSR count). The van der Waals surface area contributed by atoms with Gasteiger partial charge >= 0.3 is 5.97 Å². The molecular formula is C17H23N3O4S. The van der Waals surface area contributed by atoms with Crippen molar-refractivity contribution in [3.8, 4) is 0 Å². The van der Waals surface area contributed by atoms with Gasteiger partial charge in [0.2, 0.25) is 0 Å². The number of rotatable bonds is 8. The van der Waals surface area contributed by atoms with E-state index in [1.165, 1.54) is 16.2 Å². The van der Waals surface area contributed by atoms with Gasteiger partial charge in [0.05, 0.1) is 23.0 Å². The van der Waals surface area contributed by atoms with Crippen molar-refractivity contribution in [2.45, 2.75) is 46.1 Å². The smallest absolute Gasteiger partial charge is 0.305 e. The first-order valence-electron chi connectivity index (χ1n) is 8.32. The quantitative estimate of drug-likeness (QED) is 0.726. The van der Waals surface area contributed by atoms with E-state index in [1.54, 1.807) is 24.9 Å². The summed E-state index contributed by atoms with van der Waals surface area (Å²) in [6.07, 6.45) is 4.46. The van der Waals surface area contributed by atoms with Gasteiger partial charge in [-0.05, 0) is 18.9 Å². The average Bonchev–Trinajstić information content (AvgIpc) is 2.91. The van der Waals surface area contributed by atoms with Crippen molar-refractivity contribution in [2.75, 3.05) is 13.6 Å². The number of carbonyl (C=O) groups is 2. The number of nitrogens with zero attached hydrogens (tertiary/aromatic N) is 3. The van der Waals surface area contributed by atoms with Crippen molar-refractivity contribution in [2.24, 2.45) is 0 Å².